The number of anilines is 1. The van der Waals surface area contributed by atoms with Crippen molar-refractivity contribution < 1.29 is 0 Å². The standard InChI is InChI=1S/C27H19ClN4O/c1-16-12-23-24(13-17(16)2)32-26(31-23)21(14-29)25(18-6-4-3-5-7-18)22(27(32)33)15-30-20-10-8-19(28)9-11-20/h3-13,15,30H,1-2H3/b22-15-. The fraction of sp³-hybridized carbons (Fsp3) is 0.0741. The van der Waals surface area contributed by atoms with Gasteiger partial charge in [-0.15, -0.1) is 0 Å². The van der Waals surface area contributed by atoms with Crippen molar-refractivity contribution in [2.45, 2.75) is 13.8 Å². The second-order valence-corrected chi connectivity index (χ2v) is 8.37. The highest BCUT2D eigenvalue weighted by Crippen LogP contribution is 2.26. The Morgan fingerprint density at radius 1 is 1.03 bits per heavy atom. The van der Waals surface area contributed by atoms with E-state index < -0.39 is 0 Å². The van der Waals surface area contributed by atoms with Crippen LogP contribution in [0.1, 0.15) is 16.7 Å². The van der Waals surface area contributed by atoms with Gasteiger partial charge < -0.3 is 5.32 Å². The zero-order chi connectivity index (χ0) is 23.1. The van der Waals surface area contributed by atoms with E-state index in [-0.39, 0.29) is 5.56 Å². The number of halogens is 1. The SMILES string of the molecule is Cc1cc2nc3c(C#N)c(-c4ccccc4)/c(=C/Nc4ccc(Cl)cc4)c(=O)n3c2cc1C. The highest BCUT2D eigenvalue weighted by atomic mass is 35.5. The summed E-state index contributed by atoms with van der Waals surface area (Å²) < 4.78 is 1.54. The second-order valence-electron chi connectivity index (χ2n) is 7.94. The van der Waals surface area contributed by atoms with Gasteiger partial charge in [-0.2, -0.15) is 5.26 Å². The van der Waals surface area contributed by atoms with Gasteiger partial charge in [-0.1, -0.05) is 41.9 Å². The van der Waals surface area contributed by atoms with E-state index in [9.17, 15) is 10.1 Å². The van der Waals surface area contributed by atoms with Crippen molar-refractivity contribution in [1.82, 2.24) is 9.38 Å². The molecule has 0 fully saturated rings. The number of aryl methyl sites for hydroxylation is 2. The molecule has 0 radical (unpaired) electrons. The molecule has 6 heteroatoms. The third kappa shape index (κ3) is 3.51. The molecule has 0 unspecified atom stereocenters. The minimum atomic E-state index is -0.241. The highest BCUT2D eigenvalue weighted by Gasteiger charge is 2.20. The first-order valence-electron chi connectivity index (χ1n) is 10.4. The number of pyridine rings is 1. The maximum absolute atomic E-state index is 13.9. The van der Waals surface area contributed by atoms with Crippen LogP contribution in [-0.2, 0) is 0 Å². The van der Waals surface area contributed by atoms with Crippen LogP contribution in [0.2, 0.25) is 5.02 Å². The van der Waals surface area contributed by atoms with Crippen LogP contribution in [-0.4, -0.2) is 9.38 Å². The van der Waals surface area contributed by atoms with Crippen molar-refractivity contribution in [3.63, 3.8) is 0 Å². The number of nitrogens with zero attached hydrogens (tertiary/aromatic N) is 3. The molecule has 2 aromatic heterocycles. The van der Waals surface area contributed by atoms with Crippen LogP contribution in [0.4, 0.5) is 5.69 Å². The van der Waals surface area contributed by atoms with E-state index in [0.29, 0.717) is 38.0 Å². The average molecular weight is 451 g/mol. The van der Waals surface area contributed by atoms with Gasteiger partial charge in [-0.05, 0) is 66.9 Å². The summed E-state index contributed by atoms with van der Waals surface area (Å²) in [5, 5.41) is 14.4. The molecule has 0 atom stereocenters. The second kappa shape index (κ2) is 8.09. The number of fused-ring (bicyclic) bond motifs is 3. The van der Waals surface area contributed by atoms with Crippen molar-refractivity contribution in [3.05, 3.63) is 104 Å². The Kier molecular flexibility index (Phi) is 5.08. The van der Waals surface area contributed by atoms with Crippen LogP contribution < -0.4 is 16.1 Å². The predicted octanol–water partition coefficient (Wildman–Crippen LogP) is 5.23. The van der Waals surface area contributed by atoms with Crippen LogP contribution in [0, 0.1) is 25.2 Å². The number of aromatic nitrogens is 2. The van der Waals surface area contributed by atoms with Gasteiger partial charge in [0.05, 0.1) is 16.3 Å². The third-order valence-corrected chi connectivity index (χ3v) is 6.10. The van der Waals surface area contributed by atoms with E-state index in [2.05, 4.69) is 11.4 Å². The van der Waals surface area contributed by atoms with Gasteiger partial charge in [0, 0.05) is 22.5 Å². The number of hydrogen-bond acceptors (Lipinski definition) is 4. The van der Waals surface area contributed by atoms with Crippen LogP contribution in [0.5, 0.6) is 0 Å². The smallest absolute Gasteiger partial charge is 0.266 e. The quantitative estimate of drug-likeness (QED) is 0.409. The van der Waals surface area contributed by atoms with Crippen molar-refractivity contribution in [1.29, 1.82) is 5.26 Å². The van der Waals surface area contributed by atoms with Crippen LogP contribution >= 0.6 is 11.6 Å². The van der Waals surface area contributed by atoms with Crippen molar-refractivity contribution >= 4 is 40.2 Å². The van der Waals surface area contributed by atoms with Gasteiger partial charge in [-0.25, -0.2) is 4.98 Å². The summed E-state index contributed by atoms with van der Waals surface area (Å²) in [6.07, 6.45) is 1.65. The molecule has 5 aromatic rings. The Hall–Kier alpha value is -4.14. The Labute approximate surface area is 195 Å². The van der Waals surface area contributed by atoms with E-state index in [1.54, 1.807) is 22.7 Å². The topological polar surface area (TPSA) is 70.2 Å². The summed E-state index contributed by atoms with van der Waals surface area (Å²) in [7, 11) is 0. The molecule has 0 saturated carbocycles. The molecule has 33 heavy (non-hydrogen) atoms. The first-order valence-corrected chi connectivity index (χ1v) is 10.8. The van der Waals surface area contributed by atoms with Gasteiger partial charge in [0.25, 0.3) is 5.56 Å². The summed E-state index contributed by atoms with van der Waals surface area (Å²) in [6, 6.07) is 22.9. The largest absolute Gasteiger partial charge is 0.361 e. The predicted molar refractivity (Wildman–Crippen MR) is 133 cm³/mol. The molecule has 0 bridgehead atoms. The molecule has 160 valence electrons. The van der Waals surface area contributed by atoms with Gasteiger partial charge in [-0.3, -0.25) is 9.20 Å². The van der Waals surface area contributed by atoms with Crippen LogP contribution in [0.15, 0.2) is 71.5 Å². The lowest BCUT2D eigenvalue weighted by atomic mass is 9.99. The summed E-state index contributed by atoms with van der Waals surface area (Å²) in [5.74, 6) is 0. The molecule has 1 N–H and O–H groups in total. The first kappa shape index (κ1) is 20.7. The normalized spacial score (nSPS) is 11.8. The minimum Gasteiger partial charge on any atom is -0.361 e. The zero-order valence-corrected chi connectivity index (χ0v) is 18.8. The summed E-state index contributed by atoms with van der Waals surface area (Å²) in [6.45, 7) is 4.00. The molecule has 2 heterocycles. The van der Waals surface area contributed by atoms with E-state index in [1.165, 1.54) is 0 Å². The van der Waals surface area contributed by atoms with Gasteiger partial charge in [0.15, 0.2) is 5.65 Å². The number of rotatable bonds is 3. The zero-order valence-electron chi connectivity index (χ0n) is 18.1. The maximum atomic E-state index is 13.9. The molecular weight excluding hydrogens is 432 g/mol. The molecule has 0 saturated heterocycles. The average Bonchev–Trinajstić information content (AvgIpc) is 3.18. The van der Waals surface area contributed by atoms with E-state index >= 15 is 0 Å². The monoisotopic (exact) mass is 450 g/mol. The number of imidazole rings is 1. The van der Waals surface area contributed by atoms with E-state index in [0.717, 1.165) is 22.4 Å². The van der Waals surface area contributed by atoms with Crippen molar-refractivity contribution in [2.24, 2.45) is 0 Å². The molecule has 0 aliphatic heterocycles. The fourth-order valence-corrected chi connectivity index (χ4v) is 4.15. The Morgan fingerprint density at radius 2 is 1.73 bits per heavy atom. The molecule has 0 aliphatic rings. The Balaban J connectivity index is 1.91. The van der Waals surface area contributed by atoms with Gasteiger partial charge in [0.1, 0.15) is 11.6 Å². The van der Waals surface area contributed by atoms with Gasteiger partial charge >= 0.3 is 0 Å². The Morgan fingerprint density at radius 3 is 2.42 bits per heavy atom. The van der Waals surface area contributed by atoms with Crippen LogP contribution in [0.25, 0.3) is 34.0 Å². The minimum absolute atomic E-state index is 0.241. The lowest BCUT2D eigenvalue weighted by molar-refractivity contribution is 1.12. The summed E-state index contributed by atoms with van der Waals surface area (Å²) in [5.41, 5.74) is 6.10. The lowest BCUT2D eigenvalue weighted by Gasteiger charge is -2.09. The number of hydrogen-bond donors (Lipinski definition) is 1. The van der Waals surface area contributed by atoms with Crippen LogP contribution in [0.3, 0.4) is 0 Å². The first-order chi connectivity index (χ1) is 16.0. The maximum Gasteiger partial charge on any atom is 0.266 e. The third-order valence-electron chi connectivity index (χ3n) is 5.85. The number of benzene rings is 3. The Bertz CT molecular complexity index is 1680. The molecule has 0 spiro atoms. The molecule has 0 aliphatic carbocycles. The van der Waals surface area contributed by atoms with E-state index in [4.69, 9.17) is 16.6 Å². The molecule has 3 aromatic carbocycles. The summed E-state index contributed by atoms with van der Waals surface area (Å²) >= 11 is 6.00. The molecule has 5 nitrogen and oxygen atoms in total. The number of nitriles is 1. The molecular formula is C27H19ClN4O. The summed E-state index contributed by atoms with van der Waals surface area (Å²) in [4.78, 5) is 18.6. The van der Waals surface area contributed by atoms with Gasteiger partial charge in [0.2, 0.25) is 0 Å². The van der Waals surface area contributed by atoms with Crippen molar-refractivity contribution in [3.8, 4) is 17.2 Å². The van der Waals surface area contributed by atoms with Crippen molar-refractivity contribution in [2.75, 3.05) is 5.32 Å². The lowest BCUT2D eigenvalue weighted by Crippen LogP contribution is -2.34. The number of nitrogens with one attached hydrogen (secondary N) is 1. The fourth-order valence-electron chi connectivity index (χ4n) is 4.03. The highest BCUT2D eigenvalue weighted by molar-refractivity contribution is 6.30. The molecule has 5 rings (SSSR count). The molecule has 0 amide bonds. The van der Waals surface area contributed by atoms with E-state index in [1.807, 2.05) is 68.4 Å².